The zero-order chi connectivity index (χ0) is 12.3. The summed E-state index contributed by atoms with van der Waals surface area (Å²) in [4.78, 5) is 0.249. The lowest BCUT2D eigenvalue weighted by molar-refractivity contribution is 0.0730. The molecule has 0 saturated carbocycles. The first kappa shape index (κ1) is 12.1. The maximum atomic E-state index is 12.2. The molecular weight excluding hydrogens is 238 g/mol. The van der Waals surface area contributed by atoms with Crippen molar-refractivity contribution in [2.45, 2.75) is 4.90 Å². The number of benzene rings is 1. The smallest absolute Gasteiger partial charge is 0.243 e. The van der Waals surface area contributed by atoms with Gasteiger partial charge in [0.1, 0.15) is 0 Å². The third-order valence-electron chi connectivity index (χ3n) is 2.61. The van der Waals surface area contributed by atoms with E-state index < -0.39 is 10.0 Å². The number of ether oxygens (including phenoxy) is 1. The summed E-state index contributed by atoms with van der Waals surface area (Å²) in [6, 6.07) is 6.14. The average molecular weight is 250 g/mol. The van der Waals surface area contributed by atoms with E-state index in [1.54, 1.807) is 12.1 Å². The fourth-order valence-electron chi connectivity index (χ4n) is 1.65. The van der Waals surface area contributed by atoms with Crippen molar-refractivity contribution in [2.24, 2.45) is 0 Å². The average Bonchev–Trinajstić information content (AvgIpc) is 2.40. The molecule has 1 saturated heterocycles. The van der Waals surface area contributed by atoms with E-state index in [0.717, 1.165) is 0 Å². The van der Waals surface area contributed by atoms with Crippen LogP contribution in [0.4, 0.5) is 0 Å². The maximum Gasteiger partial charge on any atom is 0.243 e. The number of rotatable bonds is 2. The van der Waals surface area contributed by atoms with Crippen LogP contribution in [-0.4, -0.2) is 39.0 Å². The molecule has 0 aliphatic carbocycles. The van der Waals surface area contributed by atoms with Crippen LogP contribution < -0.4 is 0 Å². The van der Waals surface area contributed by atoms with Gasteiger partial charge in [0.05, 0.1) is 18.1 Å². The molecule has 0 N–H and O–H groups in total. The molecule has 4 nitrogen and oxygen atoms in total. The molecule has 2 rings (SSSR count). The van der Waals surface area contributed by atoms with Gasteiger partial charge in [-0.3, -0.25) is 0 Å². The van der Waals surface area contributed by atoms with E-state index in [0.29, 0.717) is 31.9 Å². The van der Waals surface area contributed by atoms with Gasteiger partial charge in [-0.15, -0.1) is 0 Å². The highest BCUT2D eigenvalue weighted by molar-refractivity contribution is 7.89. The molecule has 0 bridgehead atoms. The molecule has 17 heavy (non-hydrogen) atoms. The number of sulfonamides is 1. The first-order chi connectivity index (χ1) is 8.14. The van der Waals surface area contributed by atoms with E-state index in [4.69, 9.17) is 11.2 Å². The summed E-state index contributed by atoms with van der Waals surface area (Å²) in [6.07, 6.45) is 6.94. The molecule has 1 radical (unpaired) electrons. The first-order valence-corrected chi connectivity index (χ1v) is 6.69. The molecule has 1 aromatic carbocycles. The molecule has 1 heterocycles. The highest BCUT2D eigenvalue weighted by atomic mass is 32.2. The molecule has 1 aromatic rings. The lowest BCUT2D eigenvalue weighted by Gasteiger charge is -2.26. The standard InChI is InChI=1S/C12H12NO3S/c1-2-11-3-5-12(6-4-11)17(14,15)13-7-9-16-10-8-13/h3-6H,7-10H2. The van der Waals surface area contributed by atoms with Crippen LogP contribution in [-0.2, 0) is 14.8 Å². The second-order valence-corrected chi connectivity index (χ2v) is 5.60. The van der Waals surface area contributed by atoms with Gasteiger partial charge in [-0.1, -0.05) is 5.92 Å². The van der Waals surface area contributed by atoms with Crippen LogP contribution in [0.3, 0.4) is 0 Å². The lowest BCUT2D eigenvalue weighted by Crippen LogP contribution is -2.40. The Kier molecular flexibility index (Phi) is 3.48. The van der Waals surface area contributed by atoms with Crippen molar-refractivity contribution in [3.8, 4) is 5.92 Å². The summed E-state index contributed by atoms with van der Waals surface area (Å²) in [5.41, 5.74) is 0.561. The Morgan fingerprint density at radius 2 is 1.76 bits per heavy atom. The Hall–Kier alpha value is -1.35. The Morgan fingerprint density at radius 3 is 2.29 bits per heavy atom. The van der Waals surface area contributed by atoms with E-state index in [9.17, 15) is 8.42 Å². The third-order valence-corrected chi connectivity index (χ3v) is 4.52. The summed E-state index contributed by atoms with van der Waals surface area (Å²) in [5.74, 6) is 2.21. The van der Waals surface area contributed by atoms with Crippen molar-refractivity contribution in [3.05, 3.63) is 36.3 Å². The predicted octanol–water partition coefficient (Wildman–Crippen LogP) is 0.645. The van der Waals surface area contributed by atoms with Crippen molar-refractivity contribution in [2.75, 3.05) is 26.3 Å². The molecule has 0 unspecified atom stereocenters. The molecule has 5 heteroatoms. The summed E-state index contributed by atoms with van der Waals surface area (Å²) in [5, 5.41) is 0. The van der Waals surface area contributed by atoms with Crippen LogP contribution in [0.25, 0.3) is 0 Å². The largest absolute Gasteiger partial charge is 0.379 e. The molecule has 0 spiro atoms. The maximum absolute atomic E-state index is 12.2. The van der Waals surface area contributed by atoms with Gasteiger partial charge in [0.25, 0.3) is 0 Å². The molecule has 89 valence electrons. The van der Waals surface area contributed by atoms with Crippen LogP contribution in [0.5, 0.6) is 0 Å². The topological polar surface area (TPSA) is 46.6 Å². The van der Waals surface area contributed by atoms with E-state index in [1.807, 2.05) is 0 Å². The van der Waals surface area contributed by atoms with Crippen LogP contribution in [0.1, 0.15) is 5.56 Å². The van der Waals surface area contributed by atoms with Crippen LogP contribution in [0.15, 0.2) is 29.2 Å². The molecule has 0 aromatic heterocycles. The SMILES string of the molecule is [C]#Cc1ccc(S(=O)(=O)N2CCOCC2)cc1. The number of hydrogen-bond donors (Lipinski definition) is 0. The monoisotopic (exact) mass is 250 g/mol. The van der Waals surface area contributed by atoms with Gasteiger partial charge in [-0.25, -0.2) is 8.42 Å². The van der Waals surface area contributed by atoms with Gasteiger partial charge in [-0.05, 0) is 30.7 Å². The number of nitrogens with zero attached hydrogens (tertiary/aromatic N) is 1. The van der Waals surface area contributed by atoms with E-state index in [-0.39, 0.29) is 4.90 Å². The molecule has 1 aliphatic rings. The highest BCUT2D eigenvalue weighted by Gasteiger charge is 2.25. The second kappa shape index (κ2) is 4.88. The predicted molar refractivity (Wildman–Crippen MR) is 62.3 cm³/mol. The van der Waals surface area contributed by atoms with E-state index >= 15 is 0 Å². The Morgan fingerprint density at radius 1 is 1.18 bits per heavy atom. The molecule has 1 aliphatic heterocycles. The summed E-state index contributed by atoms with van der Waals surface area (Å²) in [7, 11) is -3.42. The van der Waals surface area contributed by atoms with Gasteiger partial charge in [0.2, 0.25) is 10.0 Å². The van der Waals surface area contributed by atoms with Crippen molar-refractivity contribution in [1.82, 2.24) is 4.31 Å². The van der Waals surface area contributed by atoms with Crippen molar-refractivity contribution in [1.29, 1.82) is 0 Å². The van der Waals surface area contributed by atoms with Crippen molar-refractivity contribution < 1.29 is 13.2 Å². The van der Waals surface area contributed by atoms with Gasteiger partial charge >= 0.3 is 0 Å². The van der Waals surface area contributed by atoms with Gasteiger partial charge < -0.3 is 4.74 Å². The first-order valence-electron chi connectivity index (χ1n) is 5.25. The van der Waals surface area contributed by atoms with E-state index in [1.165, 1.54) is 16.4 Å². The molecule has 0 atom stereocenters. The Bertz CT molecular complexity index is 522. The van der Waals surface area contributed by atoms with Crippen LogP contribution >= 0.6 is 0 Å². The fourth-order valence-corrected chi connectivity index (χ4v) is 3.05. The zero-order valence-corrected chi connectivity index (χ0v) is 10.0. The summed E-state index contributed by atoms with van der Waals surface area (Å²) < 4.78 is 30.9. The summed E-state index contributed by atoms with van der Waals surface area (Å²) in [6.45, 7) is 1.65. The van der Waals surface area contributed by atoms with Crippen molar-refractivity contribution in [3.63, 3.8) is 0 Å². The second-order valence-electron chi connectivity index (χ2n) is 3.67. The molecule has 0 amide bonds. The molecular formula is C12H12NO3S. The van der Waals surface area contributed by atoms with Gasteiger partial charge in [-0.2, -0.15) is 4.31 Å². The van der Waals surface area contributed by atoms with E-state index in [2.05, 4.69) is 5.92 Å². The fraction of sp³-hybridized carbons (Fsp3) is 0.333. The number of hydrogen-bond acceptors (Lipinski definition) is 3. The lowest BCUT2D eigenvalue weighted by atomic mass is 10.2. The third kappa shape index (κ3) is 2.50. The van der Waals surface area contributed by atoms with Crippen LogP contribution in [0.2, 0.25) is 0 Å². The summed E-state index contributed by atoms with van der Waals surface area (Å²) >= 11 is 0. The quantitative estimate of drug-likeness (QED) is 0.724. The minimum Gasteiger partial charge on any atom is -0.379 e. The number of morpholine rings is 1. The Balaban J connectivity index is 2.27. The minimum atomic E-state index is -3.42. The normalized spacial score (nSPS) is 17.6. The minimum absolute atomic E-state index is 0.249. The van der Waals surface area contributed by atoms with Gasteiger partial charge in [0.15, 0.2) is 0 Å². The van der Waals surface area contributed by atoms with Crippen LogP contribution in [0, 0.1) is 12.3 Å². The Labute approximate surface area is 101 Å². The van der Waals surface area contributed by atoms with Gasteiger partial charge in [0, 0.05) is 18.7 Å². The van der Waals surface area contributed by atoms with Crippen molar-refractivity contribution >= 4 is 10.0 Å². The molecule has 1 fully saturated rings. The highest BCUT2D eigenvalue weighted by Crippen LogP contribution is 2.17. The zero-order valence-electron chi connectivity index (χ0n) is 9.22.